The van der Waals surface area contributed by atoms with Gasteiger partial charge in [-0.25, -0.2) is 0 Å². The van der Waals surface area contributed by atoms with Crippen molar-refractivity contribution < 1.29 is 19.1 Å². The number of ether oxygens (including phenoxy) is 1. The second-order valence-corrected chi connectivity index (χ2v) is 8.01. The van der Waals surface area contributed by atoms with E-state index in [9.17, 15) is 14.4 Å². The Bertz CT molecular complexity index is 1090. The van der Waals surface area contributed by atoms with Gasteiger partial charge in [-0.3, -0.25) is 14.4 Å². The molecule has 1 N–H and O–H groups in total. The first-order valence-corrected chi connectivity index (χ1v) is 11.1. The van der Waals surface area contributed by atoms with Crippen LogP contribution in [-0.2, 0) is 4.79 Å². The maximum atomic E-state index is 12.5. The zero-order valence-corrected chi connectivity index (χ0v) is 18.3. The van der Waals surface area contributed by atoms with Gasteiger partial charge in [0.05, 0.1) is 0 Å². The number of rotatable bonds is 7. The lowest BCUT2D eigenvalue weighted by Crippen LogP contribution is -2.47. The number of benzene rings is 3. The highest BCUT2D eigenvalue weighted by atomic mass is 16.5. The third-order valence-corrected chi connectivity index (χ3v) is 5.69. The Hall–Kier alpha value is -3.93. The summed E-state index contributed by atoms with van der Waals surface area (Å²) in [6, 6.07) is 25.1. The number of nitrogens with one attached hydrogen (secondary N) is 1. The lowest BCUT2D eigenvalue weighted by molar-refractivity contribution is -0.124. The summed E-state index contributed by atoms with van der Waals surface area (Å²) < 4.78 is 5.58. The smallest absolute Gasteiger partial charge is 0.258 e. The Morgan fingerprint density at radius 3 is 1.91 bits per heavy atom. The summed E-state index contributed by atoms with van der Waals surface area (Å²) >= 11 is 0. The zero-order valence-electron chi connectivity index (χ0n) is 18.3. The molecule has 4 rings (SSSR count). The SMILES string of the molecule is O=C(COc1ccc(C(=O)c2ccccc2)cc1)NC1CCN(C(=O)c2ccccc2)CC1. The molecular weight excluding hydrogens is 416 g/mol. The van der Waals surface area contributed by atoms with Gasteiger partial charge in [-0.1, -0.05) is 48.5 Å². The third-order valence-electron chi connectivity index (χ3n) is 5.69. The molecule has 0 spiro atoms. The highest BCUT2D eigenvalue weighted by Crippen LogP contribution is 2.16. The van der Waals surface area contributed by atoms with Crippen molar-refractivity contribution in [2.75, 3.05) is 19.7 Å². The molecule has 0 aromatic heterocycles. The van der Waals surface area contributed by atoms with Gasteiger partial charge in [0, 0.05) is 35.8 Å². The molecule has 0 atom stereocenters. The molecule has 168 valence electrons. The van der Waals surface area contributed by atoms with Crippen LogP contribution in [0.1, 0.15) is 39.1 Å². The first-order chi connectivity index (χ1) is 16.1. The second kappa shape index (κ2) is 10.6. The monoisotopic (exact) mass is 442 g/mol. The molecule has 6 heteroatoms. The van der Waals surface area contributed by atoms with Crippen LogP contribution in [0, 0.1) is 0 Å². The predicted molar refractivity (Wildman–Crippen MR) is 125 cm³/mol. The Kier molecular flexibility index (Phi) is 7.15. The maximum absolute atomic E-state index is 12.5. The van der Waals surface area contributed by atoms with Crippen LogP contribution >= 0.6 is 0 Å². The standard InChI is InChI=1S/C27H26N2O4/c30-25(28-23-15-17-29(18-16-23)27(32)22-9-5-2-6-10-22)19-33-24-13-11-21(12-14-24)26(31)20-7-3-1-4-8-20/h1-14,23H,15-19H2,(H,28,30). The zero-order chi connectivity index (χ0) is 23.0. The molecule has 3 aromatic rings. The van der Waals surface area contributed by atoms with Gasteiger partial charge in [0.15, 0.2) is 12.4 Å². The number of nitrogens with zero attached hydrogens (tertiary/aromatic N) is 1. The fourth-order valence-electron chi connectivity index (χ4n) is 3.87. The van der Waals surface area contributed by atoms with Crippen LogP contribution in [0.15, 0.2) is 84.9 Å². The molecule has 1 saturated heterocycles. The van der Waals surface area contributed by atoms with Crippen molar-refractivity contribution >= 4 is 17.6 Å². The molecule has 33 heavy (non-hydrogen) atoms. The average molecular weight is 443 g/mol. The van der Waals surface area contributed by atoms with Crippen LogP contribution in [0.4, 0.5) is 0 Å². The van der Waals surface area contributed by atoms with Crippen molar-refractivity contribution in [3.05, 3.63) is 102 Å². The fraction of sp³-hybridized carbons (Fsp3) is 0.222. The largest absolute Gasteiger partial charge is 0.484 e. The minimum absolute atomic E-state index is 0.0202. The number of carbonyl (C=O) groups is 3. The van der Waals surface area contributed by atoms with Gasteiger partial charge >= 0.3 is 0 Å². The highest BCUT2D eigenvalue weighted by molar-refractivity contribution is 6.09. The Labute approximate surface area is 193 Å². The van der Waals surface area contributed by atoms with Crippen molar-refractivity contribution in [2.45, 2.75) is 18.9 Å². The van der Waals surface area contributed by atoms with E-state index < -0.39 is 0 Å². The maximum Gasteiger partial charge on any atom is 0.258 e. The minimum Gasteiger partial charge on any atom is -0.484 e. The van der Waals surface area contributed by atoms with Gasteiger partial charge in [0.25, 0.3) is 11.8 Å². The second-order valence-electron chi connectivity index (χ2n) is 8.01. The number of carbonyl (C=O) groups excluding carboxylic acids is 3. The summed E-state index contributed by atoms with van der Waals surface area (Å²) in [5, 5.41) is 2.98. The average Bonchev–Trinajstić information content (AvgIpc) is 2.88. The third kappa shape index (κ3) is 5.86. The molecule has 1 aliphatic rings. The summed E-state index contributed by atoms with van der Waals surface area (Å²) in [5.41, 5.74) is 1.88. The van der Waals surface area contributed by atoms with Crippen molar-refractivity contribution in [1.82, 2.24) is 10.2 Å². The van der Waals surface area contributed by atoms with Gasteiger partial charge in [0.1, 0.15) is 5.75 Å². The first-order valence-electron chi connectivity index (χ1n) is 11.1. The van der Waals surface area contributed by atoms with E-state index >= 15 is 0 Å². The Morgan fingerprint density at radius 2 is 1.30 bits per heavy atom. The van der Waals surface area contributed by atoms with E-state index in [1.54, 1.807) is 36.4 Å². The number of hydrogen-bond donors (Lipinski definition) is 1. The van der Waals surface area contributed by atoms with Gasteiger partial charge in [0.2, 0.25) is 0 Å². The van der Waals surface area contributed by atoms with Crippen molar-refractivity contribution in [3.8, 4) is 5.75 Å². The van der Waals surface area contributed by atoms with Crippen molar-refractivity contribution in [3.63, 3.8) is 0 Å². The molecule has 0 saturated carbocycles. The molecule has 0 radical (unpaired) electrons. The van der Waals surface area contributed by atoms with E-state index in [0.29, 0.717) is 48.4 Å². The molecule has 1 fully saturated rings. The summed E-state index contributed by atoms with van der Waals surface area (Å²) in [7, 11) is 0. The lowest BCUT2D eigenvalue weighted by atomic mass is 10.0. The van der Waals surface area contributed by atoms with Crippen LogP contribution in [0.3, 0.4) is 0 Å². The topological polar surface area (TPSA) is 75.7 Å². The lowest BCUT2D eigenvalue weighted by Gasteiger charge is -2.32. The van der Waals surface area contributed by atoms with Crippen LogP contribution in [0.2, 0.25) is 0 Å². The number of piperidine rings is 1. The summed E-state index contributed by atoms with van der Waals surface area (Å²) in [5.74, 6) is 0.292. The molecule has 0 bridgehead atoms. The van der Waals surface area contributed by atoms with Gasteiger partial charge in [-0.15, -0.1) is 0 Å². The van der Waals surface area contributed by atoms with Gasteiger partial charge in [-0.05, 0) is 49.2 Å². The molecule has 3 aromatic carbocycles. The highest BCUT2D eigenvalue weighted by Gasteiger charge is 2.24. The molecular formula is C27H26N2O4. The molecule has 0 unspecified atom stereocenters. The van der Waals surface area contributed by atoms with Crippen LogP contribution in [0.25, 0.3) is 0 Å². The molecule has 1 aliphatic heterocycles. The normalized spacial score (nSPS) is 13.9. The van der Waals surface area contributed by atoms with Crippen molar-refractivity contribution in [1.29, 1.82) is 0 Å². The Morgan fingerprint density at radius 1 is 0.758 bits per heavy atom. The molecule has 0 aliphatic carbocycles. The van der Waals surface area contributed by atoms with Gasteiger partial charge < -0.3 is 15.0 Å². The fourth-order valence-corrected chi connectivity index (χ4v) is 3.87. The summed E-state index contributed by atoms with van der Waals surface area (Å²) in [4.78, 5) is 39.1. The minimum atomic E-state index is -0.202. The first kappa shape index (κ1) is 22.3. The number of hydrogen-bond acceptors (Lipinski definition) is 4. The molecule has 2 amide bonds. The van der Waals surface area contributed by atoms with Crippen LogP contribution in [0.5, 0.6) is 5.75 Å². The van der Waals surface area contributed by atoms with Crippen LogP contribution in [-0.4, -0.2) is 48.2 Å². The van der Waals surface area contributed by atoms with E-state index in [1.807, 2.05) is 53.4 Å². The van der Waals surface area contributed by atoms with E-state index in [1.165, 1.54) is 0 Å². The number of amides is 2. The Balaban J connectivity index is 1.21. The predicted octanol–water partition coefficient (Wildman–Crippen LogP) is 3.72. The van der Waals surface area contributed by atoms with E-state index in [-0.39, 0.29) is 30.2 Å². The summed E-state index contributed by atoms with van der Waals surface area (Å²) in [6.45, 7) is 1.11. The van der Waals surface area contributed by atoms with E-state index in [4.69, 9.17) is 4.74 Å². The van der Waals surface area contributed by atoms with Crippen LogP contribution < -0.4 is 10.1 Å². The van der Waals surface area contributed by atoms with Gasteiger partial charge in [-0.2, -0.15) is 0 Å². The quantitative estimate of drug-likeness (QED) is 0.566. The van der Waals surface area contributed by atoms with E-state index in [0.717, 1.165) is 0 Å². The molecule has 6 nitrogen and oxygen atoms in total. The molecule has 1 heterocycles. The summed E-state index contributed by atoms with van der Waals surface area (Å²) in [6.07, 6.45) is 1.42. The van der Waals surface area contributed by atoms with Crippen molar-refractivity contribution in [2.24, 2.45) is 0 Å². The number of ketones is 1. The van der Waals surface area contributed by atoms with E-state index in [2.05, 4.69) is 5.32 Å². The number of likely N-dealkylation sites (tertiary alicyclic amines) is 1.